The Bertz CT molecular complexity index is 139. The maximum atomic E-state index is 5.59. The van der Waals surface area contributed by atoms with Gasteiger partial charge < -0.3 is 9.47 Å². The highest BCUT2D eigenvalue weighted by Gasteiger charge is 2.19. The Hall–Kier alpha value is -0.120. The first-order chi connectivity index (χ1) is 6.22. The summed E-state index contributed by atoms with van der Waals surface area (Å²) < 4.78 is 11.1. The van der Waals surface area contributed by atoms with Crippen molar-refractivity contribution < 1.29 is 9.47 Å². The van der Waals surface area contributed by atoms with Gasteiger partial charge in [-0.1, -0.05) is 6.92 Å². The lowest BCUT2D eigenvalue weighted by molar-refractivity contribution is -0.0785. The van der Waals surface area contributed by atoms with E-state index in [0.29, 0.717) is 6.10 Å². The summed E-state index contributed by atoms with van der Waals surface area (Å²) in [5, 5.41) is 0. The first-order valence-electron chi connectivity index (χ1n) is 5.18. The highest BCUT2D eigenvalue weighted by Crippen LogP contribution is 2.05. The second kappa shape index (κ2) is 5.58. The van der Waals surface area contributed by atoms with Gasteiger partial charge in [0.15, 0.2) is 0 Å². The van der Waals surface area contributed by atoms with Crippen LogP contribution in [0.3, 0.4) is 0 Å². The zero-order valence-corrected chi connectivity index (χ0v) is 8.95. The molecular formula is C10H21NO2. The molecule has 78 valence electrons. The van der Waals surface area contributed by atoms with Crippen LogP contribution in [0.1, 0.15) is 20.8 Å². The van der Waals surface area contributed by atoms with E-state index in [1.54, 1.807) is 0 Å². The van der Waals surface area contributed by atoms with Crippen LogP contribution >= 0.6 is 0 Å². The molecule has 0 saturated carbocycles. The van der Waals surface area contributed by atoms with Gasteiger partial charge in [-0.2, -0.15) is 0 Å². The number of rotatable bonds is 4. The summed E-state index contributed by atoms with van der Waals surface area (Å²) in [5.74, 6) is 0. The first-order valence-corrected chi connectivity index (χ1v) is 5.18. The smallest absolute Gasteiger partial charge is 0.0935 e. The van der Waals surface area contributed by atoms with Crippen molar-refractivity contribution in [2.24, 2.45) is 0 Å². The summed E-state index contributed by atoms with van der Waals surface area (Å²) >= 11 is 0. The van der Waals surface area contributed by atoms with Crippen molar-refractivity contribution in [3.63, 3.8) is 0 Å². The van der Waals surface area contributed by atoms with Crippen LogP contribution in [0.2, 0.25) is 0 Å². The van der Waals surface area contributed by atoms with Crippen molar-refractivity contribution in [1.29, 1.82) is 0 Å². The van der Waals surface area contributed by atoms with E-state index in [-0.39, 0.29) is 6.10 Å². The second-order valence-corrected chi connectivity index (χ2v) is 3.77. The highest BCUT2D eigenvalue weighted by molar-refractivity contribution is 4.70. The number of ether oxygens (including phenoxy) is 2. The van der Waals surface area contributed by atoms with Crippen molar-refractivity contribution in [1.82, 2.24) is 4.90 Å². The first kappa shape index (κ1) is 11.0. The number of morpholine rings is 1. The fourth-order valence-corrected chi connectivity index (χ4v) is 1.47. The molecule has 3 heteroatoms. The molecule has 1 aliphatic rings. The van der Waals surface area contributed by atoms with Gasteiger partial charge in [-0.3, -0.25) is 4.90 Å². The molecule has 0 bridgehead atoms. The molecule has 0 amide bonds. The van der Waals surface area contributed by atoms with E-state index in [9.17, 15) is 0 Å². The van der Waals surface area contributed by atoms with Crippen LogP contribution in [-0.2, 0) is 9.47 Å². The van der Waals surface area contributed by atoms with Crippen molar-refractivity contribution in [2.75, 3.05) is 32.8 Å². The van der Waals surface area contributed by atoms with Gasteiger partial charge in [0.2, 0.25) is 0 Å². The van der Waals surface area contributed by atoms with Gasteiger partial charge >= 0.3 is 0 Å². The Balaban J connectivity index is 2.18. The summed E-state index contributed by atoms with van der Waals surface area (Å²) in [5.41, 5.74) is 0. The number of hydrogen-bond acceptors (Lipinski definition) is 3. The third-order valence-electron chi connectivity index (χ3n) is 2.29. The molecule has 1 saturated heterocycles. The molecule has 0 radical (unpaired) electrons. The lowest BCUT2D eigenvalue weighted by Crippen LogP contribution is -2.44. The Kier molecular flexibility index (Phi) is 4.70. The van der Waals surface area contributed by atoms with Gasteiger partial charge in [0.05, 0.1) is 25.4 Å². The summed E-state index contributed by atoms with van der Waals surface area (Å²) in [7, 11) is 0. The second-order valence-electron chi connectivity index (χ2n) is 3.77. The van der Waals surface area contributed by atoms with Gasteiger partial charge in [-0.05, 0) is 20.4 Å². The van der Waals surface area contributed by atoms with Gasteiger partial charge in [0, 0.05) is 13.1 Å². The molecule has 1 rings (SSSR count). The Morgan fingerprint density at radius 3 is 2.92 bits per heavy atom. The minimum Gasteiger partial charge on any atom is -0.376 e. The van der Waals surface area contributed by atoms with Gasteiger partial charge in [-0.25, -0.2) is 0 Å². The molecular weight excluding hydrogens is 166 g/mol. The quantitative estimate of drug-likeness (QED) is 0.658. The summed E-state index contributed by atoms with van der Waals surface area (Å²) in [6.45, 7) is 11.1. The van der Waals surface area contributed by atoms with E-state index in [2.05, 4.69) is 25.7 Å². The fourth-order valence-electron chi connectivity index (χ4n) is 1.47. The van der Waals surface area contributed by atoms with Crippen LogP contribution in [0, 0.1) is 0 Å². The number of hydrogen-bond donors (Lipinski definition) is 0. The zero-order valence-electron chi connectivity index (χ0n) is 8.95. The molecule has 0 aromatic heterocycles. The predicted molar refractivity (Wildman–Crippen MR) is 52.9 cm³/mol. The third kappa shape index (κ3) is 4.07. The number of nitrogens with zero attached hydrogens (tertiary/aromatic N) is 1. The van der Waals surface area contributed by atoms with E-state index in [1.807, 2.05) is 0 Å². The van der Waals surface area contributed by atoms with E-state index in [4.69, 9.17) is 9.47 Å². The lowest BCUT2D eigenvalue weighted by Gasteiger charge is -2.32. The van der Waals surface area contributed by atoms with Crippen LogP contribution in [0.15, 0.2) is 0 Å². The van der Waals surface area contributed by atoms with E-state index < -0.39 is 0 Å². The molecule has 13 heavy (non-hydrogen) atoms. The maximum Gasteiger partial charge on any atom is 0.0935 e. The molecule has 1 heterocycles. The van der Waals surface area contributed by atoms with Gasteiger partial charge in [0.1, 0.15) is 0 Å². The van der Waals surface area contributed by atoms with Crippen LogP contribution in [0.4, 0.5) is 0 Å². The van der Waals surface area contributed by atoms with Crippen molar-refractivity contribution in [3.05, 3.63) is 0 Å². The molecule has 0 aliphatic carbocycles. The lowest BCUT2D eigenvalue weighted by atomic mass is 10.3. The van der Waals surface area contributed by atoms with Crippen LogP contribution in [0.25, 0.3) is 0 Å². The molecule has 1 unspecified atom stereocenters. The van der Waals surface area contributed by atoms with Gasteiger partial charge in [0.25, 0.3) is 0 Å². The molecule has 3 nitrogen and oxygen atoms in total. The standard InChI is InChI=1S/C10H21NO2/c1-4-11-5-6-12-10(7-11)8-13-9(2)3/h9-10H,4-8H2,1-3H3. The Morgan fingerprint density at radius 2 is 2.31 bits per heavy atom. The zero-order chi connectivity index (χ0) is 9.68. The van der Waals surface area contributed by atoms with Gasteiger partial charge in [-0.15, -0.1) is 0 Å². The van der Waals surface area contributed by atoms with Crippen molar-refractivity contribution in [2.45, 2.75) is 33.0 Å². The summed E-state index contributed by atoms with van der Waals surface area (Å²) in [6, 6.07) is 0. The molecule has 0 N–H and O–H groups in total. The fraction of sp³-hybridized carbons (Fsp3) is 1.00. The van der Waals surface area contributed by atoms with E-state index in [1.165, 1.54) is 0 Å². The predicted octanol–water partition coefficient (Wildman–Crippen LogP) is 1.13. The number of likely N-dealkylation sites (N-methyl/N-ethyl adjacent to an activating group) is 1. The Labute approximate surface area is 81.0 Å². The molecule has 0 spiro atoms. The molecule has 1 fully saturated rings. The minimum absolute atomic E-state index is 0.274. The van der Waals surface area contributed by atoms with E-state index in [0.717, 1.165) is 32.8 Å². The average Bonchev–Trinajstić information content (AvgIpc) is 2.15. The average molecular weight is 187 g/mol. The molecule has 1 atom stereocenters. The Morgan fingerprint density at radius 1 is 1.54 bits per heavy atom. The highest BCUT2D eigenvalue weighted by atomic mass is 16.5. The monoisotopic (exact) mass is 187 g/mol. The molecule has 0 aromatic carbocycles. The normalized spacial score (nSPS) is 25.4. The topological polar surface area (TPSA) is 21.7 Å². The minimum atomic E-state index is 0.274. The molecule has 0 aromatic rings. The van der Waals surface area contributed by atoms with Crippen LogP contribution in [-0.4, -0.2) is 50.0 Å². The molecule has 1 aliphatic heterocycles. The van der Waals surface area contributed by atoms with E-state index >= 15 is 0 Å². The largest absolute Gasteiger partial charge is 0.376 e. The maximum absolute atomic E-state index is 5.59. The van der Waals surface area contributed by atoms with Crippen molar-refractivity contribution >= 4 is 0 Å². The van der Waals surface area contributed by atoms with Crippen LogP contribution < -0.4 is 0 Å². The summed E-state index contributed by atoms with van der Waals surface area (Å²) in [4.78, 5) is 2.40. The van der Waals surface area contributed by atoms with Crippen LogP contribution in [0.5, 0.6) is 0 Å². The third-order valence-corrected chi connectivity index (χ3v) is 2.29. The van der Waals surface area contributed by atoms with Crippen molar-refractivity contribution in [3.8, 4) is 0 Å². The SMILES string of the molecule is CCN1CCOC(COC(C)C)C1. The summed E-state index contributed by atoms with van der Waals surface area (Å²) in [6.07, 6.45) is 0.580.